The van der Waals surface area contributed by atoms with Gasteiger partial charge in [-0.25, -0.2) is 0 Å². The number of nitrogens with one attached hydrogen (secondary N) is 2. The summed E-state index contributed by atoms with van der Waals surface area (Å²) in [4.78, 5) is 1.32. The van der Waals surface area contributed by atoms with Crippen LogP contribution in [0.15, 0.2) is 119 Å². The summed E-state index contributed by atoms with van der Waals surface area (Å²) in [6.07, 6.45) is 4.75. The SMILES string of the molecule is C=C(Cc1cccs1)Nc1ccc(CN/C(C)=C/C(=C)c2ccccc2C)cc1.C=CC(Br)=C(C)C.CC. The zero-order valence-corrected chi connectivity index (χ0v) is 26.2. The lowest BCUT2D eigenvalue weighted by Gasteiger charge is -2.11. The maximum absolute atomic E-state index is 4.21. The molecular formula is C34H43BrN2S. The predicted molar refractivity (Wildman–Crippen MR) is 177 cm³/mol. The van der Waals surface area contributed by atoms with Crippen molar-refractivity contribution in [2.45, 2.75) is 54.5 Å². The lowest BCUT2D eigenvalue weighted by molar-refractivity contribution is 0.813. The molecule has 0 aliphatic rings. The summed E-state index contributed by atoms with van der Waals surface area (Å²) < 4.78 is 1.09. The molecule has 38 heavy (non-hydrogen) atoms. The van der Waals surface area contributed by atoms with E-state index in [9.17, 15) is 0 Å². The summed E-state index contributed by atoms with van der Waals surface area (Å²) in [5.74, 6) is 0. The fourth-order valence-electron chi connectivity index (χ4n) is 3.35. The van der Waals surface area contributed by atoms with Crippen molar-refractivity contribution in [3.05, 3.63) is 141 Å². The van der Waals surface area contributed by atoms with Crippen molar-refractivity contribution in [3.8, 4) is 0 Å². The Hall–Kier alpha value is -3.08. The largest absolute Gasteiger partial charge is 0.384 e. The number of allylic oxidation sites excluding steroid dienone is 7. The van der Waals surface area contributed by atoms with Crippen LogP contribution in [-0.4, -0.2) is 0 Å². The highest BCUT2D eigenvalue weighted by atomic mass is 79.9. The maximum Gasteiger partial charge on any atom is 0.0397 e. The van der Waals surface area contributed by atoms with E-state index in [0.29, 0.717) is 0 Å². The molecule has 4 heteroatoms. The van der Waals surface area contributed by atoms with Gasteiger partial charge in [-0.1, -0.05) is 104 Å². The third kappa shape index (κ3) is 12.4. The van der Waals surface area contributed by atoms with Crippen LogP contribution in [0.4, 0.5) is 5.69 Å². The maximum atomic E-state index is 4.21. The Morgan fingerprint density at radius 2 is 1.61 bits per heavy atom. The number of hydrogen-bond acceptors (Lipinski definition) is 3. The van der Waals surface area contributed by atoms with Gasteiger partial charge < -0.3 is 10.6 Å². The van der Waals surface area contributed by atoms with E-state index in [-0.39, 0.29) is 0 Å². The minimum absolute atomic E-state index is 0.778. The highest BCUT2D eigenvalue weighted by Crippen LogP contribution is 2.20. The van der Waals surface area contributed by atoms with Crippen LogP contribution in [0.1, 0.15) is 56.2 Å². The number of hydrogen-bond donors (Lipinski definition) is 2. The first kappa shape index (κ1) is 32.9. The van der Waals surface area contributed by atoms with Gasteiger partial charge in [-0.3, -0.25) is 0 Å². The Morgan fingerprint density at radius 3 is 2.13 bits per heavy atom. The van der Waals surface area contributed by atoms with Gasteiger partial charge in [-0.05, 0) is 79.6 Å². The molecule has 0 unspecified atom stereocenters. The molecule has 1 aromatic heterocycles. The molecule has 0 atom stereocenters. The highest BCUT2D eigenvalue weighted by Gasteiger charge is 2.02. The zero-order chi connectivity index (χ0) is 28.5. The van der Waals surface area contributed by atoms with Crippen molar-refractivity contribution in [2.75, 3.05) is 5.32 Å². The van der Waals surface area contributed by atoms with Crippen LogP contribution in [0.3, 0.4) is 0 Å². The summed E-state index contributed by atoms with van der Waals surface area (Å²) in [7, 11) is 0. The first-order chi connectivity index (χ1) is 18.2. The van der Waals surface area contributed by atoms with Crippen LogP contribution in [0, 0.1) is 6.92 Å². The first-order valence-electron chi connectivity index (χ1n) is 12.9. The molecule has 2 N–H and O–H groups in total. The Labute approximate surface area is 243 Å². The fourth-order valence-corrected chi connectivity index (χ4v) is 4.09. The second kappa shape index (κ2) is 18.2. The fraction of sp³-hybridized carbons (Fsp3) is 0.235. The van der Waals surface area contributed by atoms with Crippen molar-refractivity contribution >= 4 is 38.5 Å². The van der Waals surface area contributed by atoms with E-state index in [2.05, 4.69) is 132 Å². The summed E-state index contributed by atoms with van der Waals surface area (Å²) in [5.41, 5.74) is 9.12. The standard InChI is InChI=1S/C26H28N2S.C6H9Br.C2H6/c1-19-8-5-6-10-26(19)20(2)16-21(3)27-18-23-11-13-24(14-12-23)28-22(4)17-25-9-7-15-29-25;1-4-6(7)5(2)3;1-2/h5-16,27-28H,2,4,17-18H2,1,3H3;4H,1H2,2-3H3;1-2H3/b21-16+;;. The van der Waals surface area contributed by atoms with Gasteiger partial charge in [-0.2, -0.15) is 0 Å². The van der Waals surface area contributed by atoms with Crippen LogP contribution >= 0.6 is 27.3 Å². The minimum Gasteiger partial charge on any atom is -0.384 e. The Balaban J connectivity index is 0.000000696. The molecule has 0 spiro atoms. The number of halogens is 1. The number of aryl methyl sites for hydroxylation is 1. The minimum atomic E-state index is 0.778. The van der Waals surface area contributed by atoms with Crippen molar-refractivity contribution in [1.29, 1.82) is 0 Å². The Bertz CT molecular complexity index is 1210. The Kier molecular flexibility index (Phi) is 15.8. The van der Waals surface area contributed by atoms with Crippen LogP contribution in [0.5, 0.6) is 0 Å². The molecule has 0 saturated carbocycles. The van der Waals surface area contributed by atoms with Crippen molar-refractivity contribution < 1.29 is 0 Å². The molecule has 0 saturated heterocycles. The summed E-state index contributed by atoms with van der Waals surface area (Å²) >= 11 is 5.06. The molecule has 0 amide bonds. The van der Waals surface area contributed by atoms with E-state index < -0.39 is 0 Å². The molecule has 2 aromatic carbocycles. The van der Waals surface area contributed by atoms with Gasteiger partial charge >= 0.3 is 0 Å². The molecular weight excluding hydrogens is 548 g/mol. The summed E-state index contributed by atoms with van der Waals surface area (Å²) in [6.45, 7) is 25.0. The normalized spacial score (nSPS) is 10.1. The number of thiophene rings is 1. The zero-order valence-electron chi connectivity index (χ0n) is 23.8. The second-order valence-corrected chi connectivity index (χ2v) is 10.6. The molecule has 0 aliphatic heterocycles. The molecule has 0 aliphatic carbocycles. The quantitative estimate of drug-likeness (QED) is 0.229. The number of benzene rings is 2. The third-order valence-corrected chi connectivity index (χ3v) is 7.35. The van der Waals surface area contributed by atoms with E-state index in [1.807, 2.05) is 27.7 Å². The Morgan fingerprint density at radius 1 is 0.947 bits per heavy atom. The monoisotopic (exact) mass is 590 g/mol. The van der Waals surface area contributed by atoms with E-state index in [0.717, 1.165) is 40.1 Å². The molecule has 0 fully saturated rings. The predicted octanol–water partition coefficient (Wildman–Crippen LogP) is 10.8. The van der Waals surface area contributed by atoms with Gasteiger partial charge in [-0.15, -0.1) is 11.3 Å². The topological polar surface area (TPSA) is 24.1 Å². The summed E-state index contributed by atoms with van der Waals surface area (Å²) in [5, 5.41) is 8.96. The van der Waals surface area contributed by atoms with Crippen molar-refractivity contribution in [1.82, 2.24) is 5.32 Å². The van der Waals surface area contributed by atoms with Gasteiger partial charge in [0, 0.05) is 39.4 Å². The number of anilines is 1. The van der Waals surface area contributed by atoms with Crippen LogP contribution < -0.4 is 10.6 Å². The van der Waals surface area contributed by atoms with Crippen molar-refractivity contribution in [3.63, 3.8) is 0 Å². The average Bonchev–Trinajstić information content (AvgIpc) is 3.42. The molecule has 3 rings (SSSR count). The van der Waals surface area contributed by atoms with E-state index in [1.54, 1.807) is 17.4 Å². The molecule has 0 bridgehead atoms. The molecule has 3 aromatic rings. The summed E-state index contributed by atoms with van der Waals surface area (Å²) in [6, 6.07) is 21.0. The van der Waals surface area contributed by atoms with E-state index >= 15 is 0 Å². The van der Waals surface area contributed by atoms with Crippen LogP contribution in [0.2, 0.25) is 0 Å². The van der Waals surface area contributed by atoms with Gasteiger partial charge in [0.2, 0.25) is 0 Å². The van der Waals surface area contributed by atoms with Gasteiger partial charge in [0.05, 0.1) is 0 Å². The molecule has 0 radical (unpaired) electrons. The molecule has 1 heterocycles. The van der Waals surface area contributed by atoms with Gasteiger partial charge in [0.15, 0.2) is 0 Å². The highest BCUT2D eigenvalue weighted by molar-refractivity contribution is 9.11. The van der Waals surface area contributed by atoms with Gasteiger partial charge in [0.25, 0.3) is 0 Å². The van der Waals surface area contributed by atoms with E-state index in [1.165, 1.54) is 27.1 Å². The first-order valence-corrected chi connectivity index (χ1v) is 14.6. The molecule has 202 valence electrons. The van der Waals surface area contributed by atoms with Gasteiger partial charge in [0.1, 0.15) is 0 Å². The van der Waals surface area contributed by atoms with Crippen molar-refractivity contribution in [2.24, 2.45) is 0 Å². The third-order valence-electron chi connectivity index (χ3n) is 5.35. The molecule has 2 nitrogen and oxygen atoms in total. The lowest BCUT2D eigenvalue weighted by Crippen LogP contribution is -2.10. The van der Waals surface area contributed by atoms with Crippen LogP contribution in [-0.2, 0) is 13.0 Å². The number of rotatable bonds is 10. The lowest BCUT2D eigenvalue weighted by atomic mass is 10.0. The van der Waals surface area contributed by atoms with E-state index in [4.69, 9.17) is 0 Å². The average molecular weight is 592 g/mol. The smallest absolute Gasteiger partial charge is 0.0397 e. The second-order valence-electron chi connectivity index (χ2n) is 8.75. The van der Waals surface area contributed by atoms with Crippen LogP contribution in [0.25, 0.3) is 5.57 Å².